The first-order valence-electron chi connectivity index (χ1n) is 14.3. The van der Waals surface area contributed by atoms with E-state index in [1.54, 1.807) is 61.5 Å². The van der Waals surface area contributed by atoms with Gasteiger partial charge in [-0.3, -0.25) is 13.9 Å². The van der Waals surface area contributed by atoms with Crippen LogP contribution in [0.3, 0.4) is 0 Å². The third kappa shape index (κ3) is 8.79. The van der Waals surface area contributed by atoms with Crippen molar-refractivity contribution in [2.75, 3.05) is 10.8 Å². The second kappa shape index (κ2) is 15.1. The summed E-state index contributed by atoms with van der Waals surface area (Å²) in [7, 11) is -4.23. The molecule has 236 valence electrons. The molecule has 0 aromatic heterocycles. The van der Waals surface area contributed by atoms with Crippen molar-refractivity contribution in [2.45, 2.75) is 50.7 Å². The summed E-state index contributed by atoms with van der Waals surface area (Å²) in [5.74, 6) is -0.984. The zero-order chi connectivity index (χ0) is 32.7. The maximum absolute atomic E-state index is 14.5. The van der Waals surface area contributed by atoms with E-state index in [1.807, 2.05) is 44.2 Å². The fraction of sp³-hybridized carbons (Fsp3) is 0.235. The molecule has 0 fully saturated rings. The van der Waals surface area contributed by atoms with E-state index >= 15 is 0 Å². The average molecular weight is 687 g/mol. The molecule has 0 aliphatic rings. The van der Waals surface area contributed by atoms with Gasteiger partial charge in [0.05, 0.1) is 10.6 Å². The van der Waals surface area contributed by atoms with Crippen molar-refractivity contribution in [3.63, 3.8) is 0 Å². The molecule has 45 heavy (non-hydrogen) atoms. The maximum Gasteiger partial charge on any atom is 0.264 e. The van der Waals surface area contributed by atoms with Gasteiger partial charge in [-0.25, -0.2) is 8.42 Å². The Morgan fingerprint density at radius 3 is 2.02 bits per heavy atom. The molecule has 0 bridgehead atoms. The Bertz CT molecular complexity index is 1750. The minimum Gasteiger partial charge on any atom is -0.352 e. The normalized spacial score (nSPS) is 12.1. The molecular formula is C34H34Cl3N3O4S. The van der Waals surface area contributed by atoms with E-state index in [0.717, 1.165) is 9.87 Å². The fourth-order valence-corrected chi connectivity index (χ4v) is 7.09. The van der Waals surface area contributed by atoms with Crippen molar-refractivity contribution in [3.05, 3.63) is 129 Å². The standard InChI is InChI=1S/C34H34Cl3N3O4S/c1-23(2)38-34(42)32(19-25-10-6-4-7-11-25)39(21-26-14-15-28(36)20-30(26)37)33(41)22-40(31-17-16-27(35)18-24(31)3)45(43,44)29-12-8-5-9-13-29/h4-18,20,23,32H,19,21-22H2,1-3H3,(H,38,42)/t32-/m0/s1. The summed E-state index contributed by atoms with van der Waals surface area (Å²) < 4.78 is 29.3. The lowest BCUT2D eigenvalue weighted by Crippen LogP contribution is -2.54. The first-order chi connectivity index (χ1) is 21.4. The van der Waals surface area contributed by atoms with Crippen molar-refractivity contribution < 1.29 is 18.0 Å². The average Bonchev–Trinajstić information content (AvgIpc) is 2.99. The van der Waals surface area contributed by atoms with Crippen molar-refractivity contribution in [1.29, 1.82) is 0 Å². The topological polar surface area (TPSA) is 86.8 Å². The molecule has 7 nitrogen and oxygen atoms in total. The lowest BCUT2D eigenvalue weighted by Gasteiger charge is -2.34. The molecule has 1 atom stereocenters. The summed E-state index contributed by atoms with van der Waals surface area (Å²) in [6.07, 6.45) is 0.182. The highest BCUT2D eigenvalue weighted by molar-refractivity contribution is 7.92. The summed E-state index contributed by atoms with van der Waals surface area (Å²) in [5.41, 5.74) is 2.21. The van der Waals surface area contributed by atoms with Crippen LogP contribution in [0.4, 0.5) is 5.69 Å². The lowest BCUT2D eigenvalue weighted by molar-refractivity contribution is -0.140. The number of amides is 2. The Kier molecular flexibility index (Phi) is 11.6. The summed E-state index contributed by atoms with van der Waals surface area (Å²) in [6, 6.07) is 25.7. The Hall–Kier alpha value is -3.56. The van der Waals surface area contributed by atoms with Crippen LogP contribution in [0.5, 0.6) is 0 Å². The summed E-state index contributed by atoms with van der Waals surface area (Å²) in [6.45, 7) is 4.72. The van der Waals surface area contributed by atoms with Gasteiger partial charge < -0.3 is 10.2 Å². The molecular weight excluding hydrogens is 653 g/mol. The van der Waals surface area contributed by atoms with Crippen LogP contribution >= 0.6 is 34.8 Å². The van der Waals surface area contributed by atoms with Gasteiger partial charge in [0, 0.05) is 34.1 Å². The van der Waals surface area contributed by atoms with Crippen LogP contribution in [0.2, 0.25) is 15.1 Å². The zero-order valence-corrected chi connectivity index (χ0v) is 28.2. The fourth-order valence-electron chi connectivity index (χ4n) is 4.90. The molecule has 1 N–H and O–H groups in total. The summed E-state index contributed by atoms with van der Waals surface area (Å²) in [4.78, 5) is 29.7. The summed E-state index contributed by atoms with van der Waals surface area (Å²) >= 11 is 18.9. The van der Waals surface area contributed by atoms with Gasteiger partial charge in [0.25, 0.3) is 10.0 Å². The largest absolute Gasteiger partial charge is 0.352 e. The van der Waals surface area contributed by atoms with Crippen molar-refractivity contribution in [2.24, 2.45) is 0 Å². The van der Waals surface area contributed by atoms with Crippen LogP contribution in [-0.4, -0.2) is 43.8 Å². The Labute approximate surface area is 279 Å². The van der Waals surface area contributed by atoms with E-state index in [2.05, 4.69) is 5.32 Å². The van der Waals surface area contributed by atoms with Crippen LogP contribution in [0.1, 0.15) is 30.5 Å². The monoisotopic (exact) mass is 685 g/mol. The summed E-state index contributed by atoms with van der Waals surface area (Å²) in [5, 5.41) is 4.08. The minimum absolute atomic E-state index is 0.0119. The van der Waals surface area contributed by atoms with Gasteiger partial charge in [0.15, 0.2) is 0 Å². The molecule has 4 rings (SSSR count). The molecule has 0 aliphatic carbocycles. The van der Waals surface area contributed by atoms with Crippen molar-refractivity contribution in [1.82, 2.24) is 10.2 Å². The van der Waals surface area contributed by atoms with E-state index in [9.17, 15) is 18.0 Å². The predicted octanol–water partition coefficient (Wildman–Crippen LogP) is 7.32. The smallest absolute Gasteiger partial charge is 0.264 e. The number of hydrogen-bond acceptors (Lipinski definition) is 4. The Morgan fingerprint density at radius 1 is 0.822 bits per heavy atom. The van der Waals surface area contributed by atoms with Gasteiger partial charge in [-0.2, -0.15) is 0 Å². The highest BCUT2D eigenvalue weighted by Crippen LogP contribution is 2.30. The van der Waals surface area contributed by atoms with Gasteiger partial charge in [0.1, 0.15) is 12.6 Å². The van der Waals surface area contributed by atoms with E-state index in [0.29, 0.717) is 26.2 Å². The molecule has 4 aromatic rings. The number of carbonyl (C=O) groups excluding carboxylic acids is 2. The van der Waals surface area contributed by atoms with E-state index in [1.165, 1.54) is 17.0 Å². The minimum atomic E-state index is -4.23. The van der Waals surface area contributed by atoms with Crippen LogP contribution in [0.25, 0.3) is 0 Å². The van der Waals surface area contributed by atoms with Crippen LogP contribution in [-0.2, 0) is 32.6 Å². The Balaban J connectivity index is 1.84. The molecule has 0 spiro atoms. The number of rotatable bonds is 12. The van der Waals surface area contributed by atoms with Crippen LogP contribution in [0, 0.1) is 6.92 Å². The van der Waals surface area contributed by atoms with Gasteiger partial charge in [0.2, 0.25) is 11.8 Å². The quantitative estimate of drug-likeness (QED) is 0.169. The van der Waals surface area contributed by atoms with E-state index in [-0.39, 0.29) is 35.5 Å². The predicted molar refractivity (Wildman–Crippen MR) is 181 cm³/mol. The van der Waals surface area contributed by atoms with Gasteiger partial charge in [-0.1, -0.05) is 89.4 Å². The molecule has 0 radical (unpaired) electrons. The number of sulfonamides is 1. The number of benzene rings is 4. The number of hydrogen-bond donors (Lipinski definition) is 1. The van der Waals surface area contributed by atoms with Crippen LogP contribution in [0.15, 0.2) is 102 Å². The SMILES string of the molecule is Cc1cc(Cl)ccc1N(CC(=O)N(Cc1ccc(Cl)cc1Cl)[C@@H](Cc1ccccc1)C(=O)NC(C)C)S(=O)(=O)c1ccccc1. The number of nitrogens with one attached hydrogen (secondary N) is 1. The third-order valence-electron chi connectivity index (χ3n) is 7.10. The van der Waals surface area contributed by atoms with E-state index < -0.39 is 28.5 Å². The maximum atomic E-state index is 14.5. The Morgan fingerprint density at radius 2 is 1.42 bits per heavy atom. The number of anilines is 1. The number of carbonyl (C=O) groups is 2. The molecule has 4 aromatic carbocycles. The number of halogens is 3. The molecule has 0 aliphatic heterocycles. The molecule has 0 saturated heterocycles. The van der Waals surface area contributed by atoms with Gasteiger partial charge in [-0.15, -0.1) is 0 Å². The molecule has 11 heteroatoms. The zero-order valence-electron chi connectivity index (χ0n) is 25.1. The molecule has 2 amide bonds. The van der Waals surface area contributed by atoms with E-state index in [4.69, 9.17) is 34.8 Å². The molecule has 0 unspecified atom stereocenters. The lowest BCUT2D eigenvalue weighted by atomic mass is 10.0. The second-order valence-corrected chi connectivity index (χ2v) is 14.0. The molecule has 0 heterocycles. The van der Waals surface area contributed by atoms with Gasteiger partial charge >= 0.3 is 0 Å². The van der Waals surface area contributed by atoms with Crippen molar-refractivity contribution >= 4 is 62.3 Å². The highest BCUT2D eigenvalue weighted by Gasteiger charge is 2.35. The first-order valence-corrected chi connectivity index (χ1v) is 16.9. The molecule has 0 saturated carbocycles. The number of nitrogens with zero attached hydrogens (tertiary/aromatic N) is 2. The first kappa shape index (κ1) is 34.3. The van der Waals surface area contributed by atoms with Gasteiger partial charge in [-0.05, 0) is 79.9 Å². The van der Waals surface area contributed by atoms with Crippen molar-refractivity contribution in [3.8, 4) is 0 Å². The third-order valence-corrected chi connectivity index (χ3v) is 9.69. The van der Waals surface area contributed by atoms with Crippen LogP contribution < -0.4 is 9.62 Å². The number of aryl methyl sites for hydroxylation is 1. The highest BCUT2D eigenvalue weighted by atomic mass is 35.5. The second-order valence-electron chi connectivity index (χ2n) is 10.9.